The number of benzene rings is 2. The van der Waals surface area contributed by atoms with Gasteiger partial charge in [0.1, 0.15) is 28.5 Å². The summed E-state index contributed by atoms with van der Waals surface area (Å²) in [5.74, 6) is 1.21. The molecule has 0 amide bonds. The van der Waals surface area contributed by atoms with Gasteiger partial charge in [-0.2, -0.15) is 10.4 Å². The van der Waals surface area contributed by atoms with Crippen LogP contribution in [0.1, 0.15) is 11.3 Å². The second-order valence-electron chi connectivity index (χ2n) is 7.45. The molecule has 0 unspecified atom stereocenters. The maximum atomic E-state index is 10.1. The summed E-state index contributed by atoms with van der Waals surface area (Å²) in [5, 5.41) is 31.1. The third kappa shape index (κ3) is 5.01. The molecule has 0 bridgehead atoms. The van der Waals surface area contributed by atoms with Gasteiger partial charge in [0.15, 0.2) is 5.65 Å². The minimum absolute atomic E-state index is 0.0545. The van der Waals surface area contributed by atoms with Crippen LogP contribution in [0.5, 0.6) is 5.75 Å². The molecule has 10 heteroatoms. The zero-order chi connectivity index (χ0) is 24.2. The van der Waals surface area contributed by atoms with Crippen molar-refractivity contribution >= 4 is 45.7 Å². The number of halogens is 1. The van der Waals surface area contributed by atoms with Gasteiger partial charge in [-0.25, -0.2) is 9.97 Å². The molecule has 35 heavy (non-hydrogen) atoms. The summed E-state index contributed by atoms with van der Waals surface area (Å²) in [4.78, 5) is 9.41. The maximum absolute atomic E-state index is 10.1. The number of H-pyrrole nitrogens is 1. The SMILES string of the molecule is N#Cc1c(SCc2csc(-c3ccc(Cl)cc3)n2)nc2[nH]ncc2c1-c1ccc(OCCO)cc1. The third-order valence-corrected chi connectivity index (χ3v) is 7.38. The monoisotopic (exact) mass is 519 g/mol. The molecule has 0 spiro atoms. The number of aliphatic hydroxyl groups is 1. The summed E-state index contributed by atoms with van der Waals surface area (Å²) >= 11 is 9.03. The van der Waals surface area contributed by atoms with Crippen LogP contribution >= 0.6 is 34.7 Å². The number of nitriles is 1. The fourth-order valence-corrected chi connectivity index (χ4v) is 5.51. The van der Waals surface area contributed by atoms with Crippen LogP contribution in [0.4, 0.5) is 0 Å². The molecular formula is C25H18ClN5O2S2. The van der Waals surface area contributed by atoms with E-state index in [9.17, 15) is 5.26 Å². The van der Waals surface area contributed by atoms with Crippen LogP contribution in [0.3, 0.4) is 0 Å². The molecule has 0 aliphatic carbocycles. The Morgan fingerprint density at radius 3 is 2.60 bits per heavy atom. The molecule has 7 nitrogen and oxygen atoms in total. The molecule has 0 aliphatic heterocycles. The molecule has 2 N–H and O–H groups in total. The van der Waals surface area contributed by atoms with Gasteiger partial charge in [-0.1, -0.05) is 47.6 Å². The van der Waals surface area contributed by atoms with Gasteiger partial charge in [-0.15, -0.1) is 11.3 Å². The van der Waals surface area contributed by atoms with Crippen molar-refractivity contribution in [3.05, 3.63) is 76.4 Å². The molecule has 5 rings (SSSR count). The summed E-state index contributed by atoms with van der Waals surface area (Å²) in [6.07, 6.45) is 1.68. The highest BCUT2D eigenvalue weighted by Gasteiger charge is 2.19. The molecule has 174 valence electrons. The van der Waals surface area contributed by atoms with Gasteiger partial charge in [0.2, 0.25) is 0 Å². The van der Waals surface area contributed by atoms with Crippen molar-refractivity contribution < 1.29 is 9.84 Å². The van der Waals surface area contributed by atoms with Gasteiger partial charge in [-0.3, -0.25) is 5.10 Å². The summed E-state index contributed by atoms with van der Waals surface area (Å²) in [6, 6.07) is 17.4. The van der Waals surface area contributed by atoms with E-state index in [0.29, 0.717) is 32.8 Å². The first-order chi connectivity index (χ1) is 17.2. The van der Waals surface area contributed by atoms with E-state index in [0.717, 1.165) is 32.8 Å². The smallest absolute Gasteiger partial charge is 0.157 e. The fourth-order valence-electron chi connectivity index (χ4n) is 3.58. The van der Waals surface area contributed by atoms with Gasteiger partial charge in [0.05, 0.1) is 24.1 Å². The summed E-state index contributed by atoms with van der Waals surface area (Å²) in [7, 11) is 0. The molecule has 0 saturated carbocycles. The number of nitrogens with zero attached hydrogens (tertiary/aromatic N) is 4. The number of pyridine rings is 1. The normalized spacial score (nSPS) is 11.0. The largest absolute Gasteiger partial charge is 0.491 e. The second kappa shape index (κ2) is 10.5. The predicted molar refractivity (Wildman–Crippen MR) is 139 cm³/mol. The number of ether oxygens (including phenoxy) is 1. The first-order valence-corrected chi connectivity index (χ1v) is 12.8. The van der Waals surface area contributed by atoms with Crippen molar-refractivity contribution in [3.63, 3.8) is 0 Å². The number of aromatic amines is 1. The Kier molecular flexibility index (Phi) is 6.97. The van der Waals surface area contributed by atoms with Crippen molar-refractivity contribution in [1.82, 2.24) is 20.2 Å². The van der Waals surface area contributed by atoms with Crippen LogP contribution in [-0.4, -0.2) is 38.5 Å². The standard InChI is InChI=1S/C25H18ClN5O2S2/c26-17-5-1-16(2-6-17)24-29-18(13-34-24)14-35-25-20(11-27)22(21-12-28-31-23(21)30-25)15-3-7-19(8-4-15)33-10-9-32/h1-8,12-13,32H,9-10,14H2,(H,28,30,31). The van der Waals surface area contributed by atoms with Crippen LogP contribution in [-0.2, 0) is 5.75 Å². The second-order valence-corrected chi connectivity index (χ2v) is 9.71. The molecule has 3 aromatic heterocycles. The van der Waals surface area contributed by atoms with Crippen LogP contribution in [0.2, 0.25) is 5.02 Å². The topological polar surface area (TPSA) is 108 Å². The lowest BCUT2D eigenvalue weighted by atomic mass is 9.99. The van der Waals surface area contributed by atoms with Gasteiger partial charge in [0.25, 0.3) is 0 Å². The summed E-state index contributed by atoms with van der Waals surface area (Å²) in [5.41, 5.74) is 4.64. The van der Waals surface area contributed by atoms with Gasteiger partial charge < -0.3 is 9.84 Å². The highest BCUT2D eigenvalue weighted by atomic mass is 35.5. The molecule has 5 aromatic rings. The van der Waals surface area contributed by atoms with Gasteiger partial charge in [0, 0.05) is 32.7 Å². The van der Waals surface area contributed by atoms with Crippen LogP contribution in [0.15, 0.2) is 65.1 Å². The Bertz CT molecular complexity index is 1510. The van der Waals surface area contributed by atoms with Gasteiger partial charge >= 0.3 is 0 Å². The summed E-state index contributed by atoms with van der Waals surface area (Å²) < 4.78 is 5.46. The highest BCUT2D eigenvalue weighted by molar-refractivity contribution is 7.98. The Labute approximate surface area is 214 Å². The highest BCUT2D eigenvalue weighted by Crippen LogP contribution is 2.37. The number of thiazole rings is 1. The lowest BCUT2D eigenvalue weighted by Crippen LogP contribution is -2.01. The number of nitrogens with one attached hydrogen (secondary N) is 1. The van der Waals surface area contributed by atoms with Crippen LogP contribution in [0.25, 0.3) is 32.7 Å². The zero-order valence-corrected chi connectivity index (χ0v) is 20.6. The number of hydrogen-bond donors (Lipinski definition) is 2. The minimum Gasteiger partial charge on any atom is -0.491 e. The lowest BCUT2D eigenvalue weighted by Gasteiger charge is -2.11. The lowest BCUT2D eigenvalue weighted by molar-refractivity contribution is 0.201. The van der Waals surface area contributed by atoms with E-state index < -0.39 is 0 Å². The number of thioether (sulfide) groups is 1. The number of fused-ring (bicyclic) bond motifs is 1. The van der Waals surface area contributed by atoms with Crippen LogP contribution < -0.4 is 4.74 Å². The number of rotatable bonds is 8. The first-order valence-electron chi connectivity index (χ1n) is 10.6. The number of hydrogen-bond acceptors (Lipinski definition) is 8. The van der Waals surface area contributed by atoms with E-state index >= 15 is 0 Å². The van der Waals surface area contributed by atoms with Crippen molar-refractivity contribution in [2.75, 3.05) is 13.2 Å². The Morgan fingerprint density at radius 2 is 1.86 bits per heavy atom. The van der Waals surface area contributed by atoms with E-state index in [4.69, 9.17) is 26.4 Å². The van der Waals surface area contributed by atoms with E-state index in [1.54, 1.807) is 17.5 Å². The molecule has 0 saturated heterocycles. The zero-order valence-electron chi connectivity index (χ0n) is 18.2. The van der Waals surface area contributed by atoms with E-state index in [-0.39, 0.29) is 13.2 Å². The predicted octanol–water partition coefficient (Wildman–Crippen LogP) is 5.94. The molecule has 0 radical (unpaired) electrons. The summed E-state index contributed by atoms with van der Waals surface area (Å²) in [6.45, 7) is 0.169. The van der Waals surface area contributed by atoms with Crippen LogP contribution in [0, 0.1) is 11.3 Å². The van der Waals surface area contributed by atoms with Crippen molar-refractivity contribution in [2.45, 2.75) is 10.8 Å². The number of aliphatic hydroxyl groups excluding tert-OH is 1. The third-order valence-electron chi connectivity index (χ3n) is 5.18. The molecular weight excluding hydrogens is 502 g/mol. The average Bonchev–Trinajstić information content (AvgIpc) is 3.55. The minimum atomic E-state index is -0.0545. The number of aromatic nitrogens is 4. The van der Waals surface area contributed by atoms with Crippen molar-refractivity contribution in [3.8, 4) is 33.5 Å². The van der Waals surface area contributed by atoms with Crippen molar-refractivity contribution in [1.29, 1.82) is 5.26 Å². The molecule has 2 aromatic carbocycles. The van der Waals surface area contributed by atoms with E-state index in [2.05, 4.69) is 21.3 Å². The molecule has 0 aliphatic rings. The van der Waals surface area contributed by atoms with Crippen molar-refractivity contribution in [2.24, 2.45) is 0 Å². The van der Waals surface area contributed by atoms with E-state index in [1.807, 2.05) is 53.9 Å². The fraction of sp³-hybridized carbons (Fsp3) is 0.120. The Hall–Kier alpha value is -3.42. The van der Waals surface area contributed by atoms with E-state index in [1.165, 1.54) is 11.8 Å². The molecule has 3 heterocycles. The van der Waals surface area contributed by atoms with Gasteiger partial charge in [-0.05, 0) is 29.8 Å². The molecule has 0 atom stereocenters. The quantitative estimate of drug-likeness (QED) is 0.244. The Morgan fingerprint density at radius 1 is 1.09 bits per heavy atom. The first kappa shape index (κ1) is 23.3. The maximum Gasteiger partial charge on any atom is 0.157 e. The Balaban J connectivity index is 1.44. The average molecular weight is 520 g/mol. The molecule has 0 fully saturated rings.